The van der Waals surface area contributed by atoms with E-state index in [1.54, 1.807) is 6.07 Å². The molecule has 0 aliphatic carbocycles. The zero-order valence-corrected chi connectivity index (χ0v) is 11.1. The van der Waals surface area contributed by atoms with Crippen molar-refractivity contribution in [3.63, 3.8) is 0 Å². The van der Waals surface area contributed by atoms with Crippen LogP contribution in [0.15, 0.2) is 42.5 Å². The van der Waals surface area contributed by atoms with Crippen LogP contribution in [0, 0.1) is 0 Å². The minimum atomic E-state index is 0.435. The quantitative estimate of drug-likeness (QED) is 0.897. The second-order valence-corrected chi connectivity index (χ2v) is 4.43. The minimum Gasteiger partial charge on any atom is -0.457 e. The molecule has 0 radical (unpaired) electrons. The molecule has 0 aliphatic heterocycles. The van der Waals surface area contributed by atoms with Gasteiger partial charge in [0.25, 0.3) is 0 Å². The average molecular weight is 262 g/mol. The van der Waals surface area contributed by atoms with Gasteiger partial charge in [0, 0.05) is 11.6 Å². The van der Waals surface area contributed by atoms with Crippen molar-refractivity contribution in [2.24, 2.45) is 5.73 Å². The van der Waals surface area contributed by atoms with Gasteiger partial charge in [0.2, 0.25) is 0 Å². The van der Waals surface area contributed by atoms with Crippen molar-refractivity contribution in [1.82, 2.24) is 0 Å². The number of halogens is 1. The SMILES string of the molecule is CCc1ccccc1Oc1ccc(CN)c(Cl)c1. The fourth-order valence-corrected chi connectivity index (χ4v) is 2.03. The molecule has 0 atom stereocenters. The van der Waals surface area contributed by atoms with E-state index >= 15 is 0 Å². The lowest BCUT2D eigenvalue weighted by molar-refractivity contribution is 0.476. The van der Waals surface area contributed by atoms with E-state index in [1.807, 2.05) is 30.3 Å². The van der Waals surface area contributed by atoms with Gasteiger partial charge in [0.05, 0.1) is 0 Å². The number of aryl methyl sites for hydroxylation is 1. The number of nitrogens with two attached hydrogens (primary N) is 1. The first-order valence-electron chi connectivity index (χ1n) is 5.99. The fourth-order valence-electron chi connectivity index (χ4n) is 1.78. The maximum atomic E-state index is 6.11. The van der Waals surface area contributed by atoms with Crippen molar-refractivity contribution in [3.8, 4) is 11.5 Å². The van der Waals surface area contributed by atoms with Gasteiger partial charge >= 0.3 is 0 Å². The van der Waals surface area contributed by atoms with Gasteiger partial charge in [-0.3, -0.25) is 0 Å². The van der Waals surface area contributed by atoms with Crippen molar-refractivity contribution in [2.75, 3.05) is 0 Å². The molecule has 0 aromatic heterocycles. The van der Waals surface area contributed by atoms with E-state index in [2.05, 4.69) is 13.0 Å². The molecule has 0 bridgehead atoms. The number of benzene rings is 2. The second-order valence-electron chi connectivity index (χ2n) is 4.02. The van der Waals surface area contributed by atoms with Gasteiger partial charge in [-0.15, -0.1) is 0 Å². The van der Waals surface area contributed by atoms with Crippen LogP contribution in [0.1, 0.15) is 18.1 Å². The molecule has 0 saturated heterocycles. The molecule has 0 saturated carbocycles. The predicted molar refractivity (Wildman–Crippen MR) is 75.2 cm³/mol. The number of ether oxygens (including phenoxy) is 1. The Morgan fingerprint density at radius 3 is 2.56 bits per heavy atom. The van der Waals surface area contributed by atoms with E-state index in [0.29, 0.717) is 11.6 Å². The molecule has 0 amide bonds. The first kappa shape index (κ1) is 12.9. The summed E-state index contributed by atoms with van der Waals surface area (Å²) in [6, 6.07) is 13.6. The summed E-state index contributed by atoms with van der Waals surface area (Å²) in [5.41, 5.74) is 7.67. The highest BCUT2D eigenvalue weighted by molar-refractivity contribution is 6.31. The van der Waals surface area contributed by atoms with Gasteiger partial charge in [-0.1, -0.05) is 42.8 Å². The summed E-state index contributed by atoms with van der Waals surface area (Å²) in [6.07, 6.45) is 0.935. The van der Waals surface area contributed by atoms with Crippen LogP contribution in [-0.4, -0.2) is 0 Å². The lowest BCUT2D eigenvalue weighted by Gasteiger charge is -2.11. The molecule has 2 N–H and O–H groups in total. The van der Waals surface area contributed by atoms with Gasteiger partial charge in [-0.05, 0) is 35.7 Å². The third kappa shape index (κ3) is 2.84. The predicted octanol–water partition coefficient (Wildman–Crippen LogP) is 4.15. The van der Waals surface area contributed by atoms with E-state index in [-0.39, 0.29) is 0 Å². The largest absolute Gasteiger partial charge is 0.457 e. The molecule has 0 aliphatic rings. The normalized spacial score (nSPS) is 10.4. The Hall–Kier alpha value is -1.51. The number of hydrogen-bond acceptors (Lipinski definition) is 2. The molecular formula is C15H16ClNO. The standard InChI is InChI=1S/C15H16ClNO/c1-2-11-5-3-4-6-15(11)18-13-8-7-12(10-17)14(16)9-13/h3-9H,2,10,17H2,1H3. The molecule has 0 unspecified atom stereocenters. The minimum absolute atomic E-state index is 0.435. The van der Waals surface area contributed by atoms with Gasteiger partial charge in [0.1, 0.15) is 11.5 Å². The van der Waals surface area contributed by atoms with E-state index < -0.39 is 0 Å². The Labute approximate surface area is 112 Å². The molecular weight excluding hydrogens is 246 g/mol. The highest BCUT2D eigenvalue weighted by Crippen LogP contribution is 2.28. The van der Waals surface area contributed by atoms with Gasteiger partial charge in [-0.2, -0.15) is 0 Å². The van der Waals surface area contributed by atoms with Crippen LogP contribution in [-0.2, 0) is 13.0 Å². The van der Waals surface area contributed by atoms with Crippen molar-refractivity contribution in [2.45, 2.75) is 19.9 Å². The van der Waals surface area contributed by atoms with Crippen LogP contribution in [0.25, 0.3) is 0 Å². The van der Waals surface area contributed by atoms with Crippen molar-refractivity contribution in [1.29, 1.82) is 0 Å². The Morgan fingerprint density at radius 1 is 1.11 bits per heavy atom. The van der Waals surface area contributed by atoms with Crippen LogP contribution in [0.4, 0.5) is 0 Å². The van der Waals surface area contributed by atoms with Crippen LogP contribution in [0.3, 0.4) is 0 Å². The molecule has 0 fully saturated rings. The Morgan fingerprint density at radius 2 is 1.89 bits per heavy atom. The summed E-state index contributed by atoms with van der Waals surface area (Å²) in [7, 11) is 0. The molecule has 18 heavy (non-hydrogen) atoms. The van der Waals surface area contributed by atoms with Crippen LogP contribution in [0.5, 0.6) is 11.5 Å². The maximum Gasteiger partial charge on any atom is 0.130 e. The molecule has 94 valence electrons. The molecule has 2 nitrogen and oxygen atoms in total. The Bertz CT molecular complexity index is 540. The lowest BCUT2D eigenvalue weighted by atomic mass is 10.1. The van der Waals surface area contributed by atoms with E-state index in [0.717, 1.165) is 23.5 Å². The summed E-state index contributed by atoms with van der Waals surface area (Å²) >= 11 is 6.11. The van der Waals surface area contributed by atoms with Crippen LogP contribution in [0.2, 0.25) is 5.02 Å². The fraction of sp³-hybridized carbons (Fsp3) is 0.200. The third-order valence-electron chi connectivity index (χ3n) is 2.83. The van der Waals surface area contributed by atoms with Gasteiger partial charge < -0.3 is 10.5 Å². The van der Waals surface area contributed by atoms with Crippen LogP contribution < -0.4 is 10.5 Å². The summed E-state index contributed by atoms with van der Waals surface area (Å²) in [6.45, 7) is 2.54. The number of para-hydroxylation sites is 1. The first-order chi connectivity index (χ1) is 8.74. The zero-order valence-electron chi connectivity index (χ0n) is 10.3. The van der Waals surface area contributed by atoms with Crippen molar-refractivity contribution >= 4 is 11.6 Å². The number of rotatable bonds is 4. The average Bonchev–Trinajstić information content (AvgIpc) is 2.39. The molecule has 2 aromatic carbocycles. The smallest absolute Gasteiger partial charge is 0.130 e. The first-order valence-corrected chi connectivity index (χ1v) is 6.36. The Balaban J connectivity index is 2.26. The van der Waals surface area contributed by atoms with Crippen LogP contribution >= 0.6 is 11.6 Å². The highest BCUT2D eigenvalue weighted by atomic mass is 35.5. The highest BCUT2D eigenvalue weighted by Gasteiger charge is 2.05. The summed E-state index contributed by atoms with van der Waals surface area (Å²) in [5, 5.41) is 0.643. The lowest BCUT2D eigenvalue weighted by Crippen LogP contribution is -1.97. The van der Waals surface area contributed by atoms with Gasteiger partial charge in [0.15, 0.2) is 0 Å². The second kappa shape index (κ2) is 5.89. The van der Waals surface area contributed by atoms with Gasteiger partial charge in [-0.25, -0.2) is 0 Å². The van der Waals surface area contributed by atoms with Crippen molar-refractivity contribution in [3.05, 3.63) is 58.6 Å². The molecule has 0 heterocycles. The summed E-state index contributed by atoms with van der Waals surface area (Å²) in [4.78, 5) is 0. The van der Waals surface area contributed by atoms with E-state index in [1.165, 1.54) is 5.56 Å². The summed E-state index contributed by atoms with van der Waals surface area (Å²) < 4.78 is 5.86. The molecule has 2 aromatic rings. The third-order valence-corrected chi connectivity index (χ3v) is 3.18. The topological polar surface area (TPSA) is 35.2 Å². The monoisotopic (exact) mass is 261 g/mol. The molecule has 3 heteroatoms. The Kier molecular flexibility index (Phi) is 4.24. The van der Waals surface area contributed by atoms with E-state index in [4.69, 9.17) is 22.1 Å². The zero-order chi connectivity index (χ0) is 13.0. The van der Waals surface area contributed by atoms with Crippen molar-refractivity contribution < 1.29 is 4.74 Å². The van der Waals surface area contributed by atoms with E-state index in [9.17, 15) is 0 Å². The maximum absolute atomic E-state index is 6.11. The summed E-state index contributed by atoms with van der Waals surface area (Å²) in [5.74, 6) is 1.61. The number of hydrogen-bond donors (Lipinski definition) is 1. The molecule has 2 rings (SSSR count). The molecule has 0 spiro atoms.